The van der Waals surface area contributed by atoms with Crippen molar-refractivity contribution in [1.29, 1.82) is 0 Å². The van der Waals surface area contributed by atoms with E-state index in [2.05, 4.69) is 36.1 Å². The van der Waals surface area contributed by atoms with Crippen molar-refractivity contribution in [3.05, 3.63) is 29.8 Å². The Morgan fingerprint density at radius 1 is 1.41 bits per heavy atom. The predicted molar refractivity (Wildman–Crippen MR) is 70.4 cm³/mol. The third-order valence-corrected chi connectivity index (χ3v) is 3.50. The zero-order valence-electron chi connectivity index (χ0n) is 10.1. The summed E-state index contributed by atoms with van der Waals surface area (Å²) in [6.45, 7) is 4.03. The van der Waals surface area contributed by atoms with Gasteiger partial charge in [-0.2, -0.15) is 0 Å². The number of aryl methyl sites for hydroxylation is 1. The second-order valence-corrected chi connectivity index (χ2v) is 4.93. The average molecular weight is 230 g/mol. The number of benzene rings is 1. The van der Waals surface area contributed by atoms with Crippen molar-refractivity contribution in [2.24, 2.45) is 5.73 Å². The second kappa shape index (κ2) is 4.08. The fraction of sp³-hybridized carbons (Fsp3) is 0.429. The van der Waals surface area contributed by atoms with Crippen LogP contribution in [0.15, 0.2) is 28.7 Å². The Morgan fingerprint density at radius 3 is 3.06 bits per heavy atom. The van der Waals surface area contributed by atoms with Crippen LogP contribution in [0.3, 0.4) is 0 Å². The molecule has 1 aromatic carbocycles. The number of para-hydroxylation sites is 1. The van der Waals surface area contributed by atoms with Gasteiger partial charge in [0.25, 0.3) is 0 Å². The van der Waals surface area contributed by atoms with E-state index in [9.17, 15) is 0 Å². The number of furan rings is 1. The van der Waals surface area contributed by atoms with Gasteiger partial charge < -0.3 is 15.1 Å². The van der Waals surface area contributed by atoms with E-state index < -0.39 is 0 Å². The molecule has 1 aliphatic heterocycles. The standard InChI is InChI=1S/C14H18N2O/c1-10-4-2-5-11-8-13(17-14(10)11)16-7-3-6-12(15)9-16/h2,4-5,8,12H,3,6-7,9,15H2,1H3. The lowest BCUT2D eigenvalue weighted by Gasteiger charge is -2.30. The van der Waals surface area contributed by atoms with Gasteiger partial charge in [0.15, 0.2) is 5.88 Å². The van der Waals surface area contributed by atoms with Crippen LogP contribution in [0, 0.1) is 6.92 Å². The van der Waals surface area contributed by atoms with Crippen LogP contribution in [0.25, 0.3) is 11.0 Å². The number of nitrogens with zero attached hydrogens (tertiary/aromatic N) is 1. The molecule has 3 heteroatoms. The van der Waals surface area contributed by atoms with E-state index in [0.29, 0.717) is 0 Å². The lowest BCUT2D eigenvalue weighted by atomic mass is 10.1. The molecule has 3 rings (SSSR count). The molecule has 0 saturated carbocycles. The molecular formula is C14H18N2O. The quantitative estimate of drug-likeness (QED) is 0.819. The van der Waals surface area contributed by atoms with Crippen LogP contribution in [-0.4, -0.2) is 19.1 Å². The highest BCUT2D eigenvalue weighted by molar-refractivity contribution is 5.83. The van der Waals surface area contributed by atoms with E-state index in [0.717, 1.165) is 37.4 Å². The van der Waals surface area contributed by atoms with Gasteiger partial charge in [-0.25, -0.2) is 0 Å². The van der Waals surface area contributed by atoms with Crippen LogP contribution in [-0.2, 0) is 0 Å². The first-order chi connectivity index (χ1) is 8.24. The fourth-order valence-corrected chi connectivity index (χ4v) is 2.56. The minimum Gasteiger partial charge on any atom is -0.440 e. The van der Waals surface area contributed by atoms with E-state index >= 15 is 0 Å². The molecule has 1 atom stereocenters. The first-order valence-corrected chi connectivity index (χ1v) is 6.24. The monoisotopic (exact) mass is 230 g/mol. The van der Waals surface area contributed by atoms with Crippen LogP contribution in [0.4, 0.5) is 5.88 Å². The van der Waals surface area contributed by atoms with Gasteiger partial charge in [-0.1, -0.05) is 18.2 Å². The van der Waals surface area contributed by atoms with Crippen molar-refractivity contribution in [2.45, 2.75) is 25.8 Å². The Kier molecular flexibility index (Phi) is 2.56. The molecule has 2 aromatic rings. The predicted octanol–water partition coefficient (Wildman–Crippen LogP) is 2.67. The molecule has 0 radical (unpaired) electrons. The van der Waals surface area contributed by atoms with E-state index in [-0.39, 0.29) is 6.04 Å². The number of hydrogen-bond acceptors (Lipinski definition) is 3. The van der Waals surface area contributed by atoms with Gasteiger partial charge in [0.1, 0.15) is 5.58 Å². The van der Waals surface area contributed by atoms with Crippen molar-refractivity contribution in [2.75, 3.05) is 18.0 Å². The van der Waals surface area contributed by atoms with Crippen LogP contribution in [0.1, 0.15) is 18.4 Å². The van der Waals surface area contributed by atoms with Crippen LogP contribution in [0.2, 0.25) is 0 Å². The number of fused-ring (bicyclic) bond motifs is 1. The molecule has 0 aliphatic carbocycles. The molecule has 1 fully saturated rings. The summed E-state index contributed by atoms with van der Waals surface area (Å²) >= 11 is 0. The molecule has 0 spiro atoms. The highest BCUT2D eigenvalue weighted by atomic mass is 16.4. The van der Waals surface area contributed by atoms with Gasteiger partial charge in [0.05, 0.1) is 0 Å². The molecule has 1 saturated heterocycles. The molecule has 90 valence electrons. The number of rotatable bonds is 1. The fourth-order valence-electron chi connectivity index (χ4n) is 2.56. The SMILES string of the molecule is Cc1cccc2cc(N3CCCC(N)C3)oc12. The van der Waals surface area contributed by atoms with Gasteiger partial charge in [0.2, 0.25) is 0 Å². The minimum atomic E-state index is 0.276. The topological polar surface area (TPSA) is 42.4 Å². The van der Waals surface area contributed by atoms with Gasteiger partial charge >= 0.3 is 0 Å². The van der Waals surface area contributed by atoms with E-state index in [1.165, 1.54) is 10.9 Å². The van der Waals surface area contributed by atoms with E-state index in [4.69, 9.17) is 10.2 Å². The molecule has 1 unspecified atom stereocenters. The van der Waals surface area contributed by atoms with Crippen molar-refractivity contribution < 1.29 is 4.42 Å². The van der Waals surface area contributed by atoms with Crippen molar-refractivity contribution in [3.8, 4) is 0 Å². The van der Waals surface area contributed by atoms with Crippen molar-refractivity contribution in [3.63, 3.8) is 0 Å². The smallest absolute Gasteiger partial charge is 0.196 e. The Bertz CT molecular complexity index is 532. The number of anilines is 1. The van der Waals surface area contributed by atoms with Crippen molar-refractivity contribution >= 4 is 16.9 Å². The first-order valence-electron chi connectivity index (χ1n) is 6.24. The minimum absolute atomic E-state index is 0.276. The highest BCUT2D eigenvalue weighted by Crippen LogP contribution is 2.29. The summed E-state index contributed by atoms with van der Waals surface area (Å²) in [5, 5.41) is 1.18. The van der Waals surface area contributed by atoms with Crippen LogP contribution < -0.4 is 10.6 Å². The maximum Gasteiger partial charge on any atom is 0.196 e. The largest absolute Gasteiger partial charge is 0.440 e. The highest BCUT2D eigenvalue weighted by Gasteiger charge is 2.19. The summed E-state index contributed by atoms with van der Waals surface area (Å²) < 4.78 is 5.96. The average Bonchev–Trinajstić information content (AvgIpc) is 2.74. The van der Waals surface area contributed by atoms with E-state index in [1.54, 1.807) is 0 Å². The molecular weight excluding hydrogens is 212 g/mol. The third kappa shape index (κ3) is 1.91. The molecule has 17 heavy (non-hydrogen) atoms. The maximum absolute atomic E-state index is 6.00. The Balaban J connectivity index is 1.97. The molecule has 1 aromatic heterocycles. The summed E-state index contributed by atoms with van der Waals surface area (Å²) in [6.07, 6.45) is 2.27. The lowest BCUT2D eigenvalue weighted by Crippen LogP contribution is -2.42. The van der Waals surface area contributed by atoms with E-state index in [1.807, 2.05) is 0 Å². The summed E-state index contributed by atoms with van der Waals surface area (Å²) in [7, 11) is 0. The van der Waals surface area contributed by atoms with Crippen molar-refractivity contribution in [1.82, 2.24) is 0 Å². The first kappa shape index (κ1) is 10.7. The second-order valence-electron chi connectivity index (χ2n) is 4.93. The number of nitrogens with two attached hydrogens (primary N) is 1. The Labute approximate surface area is 101 Å². The number of piperidine rings is 1. The maximum atomic E-state index is 6.00. The van der Waals surface area contributed by atoms with Gasteiger partial charge in [-0.05, 0) is 25.3 Å². The zero-order valence-corrected chi connectivity index (χ0v) is 10.1. The Hall–Kier alpha value is -1.48. The molecule has 2 N–H and O–H groups in total. The Morgan fingerprint density at radius 2 is 2.29 bits per heavy atom. The summed E-state index contributed by atoms with van der Waals surface area (Å²) in [4.78, 5) is 2.26. The summed E-state index contributed by atoms with van der Waals surface area (Å²) in [5.74, 6) is 0.962. The third-order valence-electron chi connectivity index (χ3n) is 3.50. The molecule has 1 aliphatic rings. The molecule has 3 nitrogen and oxygen atoms in total. The molecule has 0 bridgehead atoms. The molecule has 2 heterocycles. The van der Waals surface area contributed by atoms with Crippen LogP contribution >= 0.6 is 0 Å². The van der Waals surface area contributed by atoms with Gasteiger partial charge in [-0.15, -0.1) is 0 Å². The van der Waals surface area contributed by atoms with Gasteiger partial charge in [0, 0.05) is 30.6 Å². The number of hydrogen-bond donors (Lipinski definition) is 1. The normalized spacial score (nSPS) is 21.1. The zero-order chi connectivity index (χ0) is 11.8. The van der Waals surface area contributed by atoms with Gasteiger partial charge in [-0.3, -0.25) is 0 Å². The molecule has 0 amide bonds. The lowest BCUT2D eigenvalue weighted by molar-refractivity contribution is 0.473. The summed E-state index contributed by atoms with van der Waals surface area (Å²) in [6, 6.07) is 8.65. The van der Waals surface area contributed by atoms with Crippen LogP contribution in [0.5, 0.6) is 0 Å². The summed E-state index contributed by atoms with van der Waals surface area (Å²) in [5.41, 5.74) is 8.19.